The zero-order chi connectivity index (χ0) is 14.0. The number of hydrogen-bond donors (Lipinski definition) is 1. The molecule has 0 spiro atoms. The zero-order valence-electron chi connectivity index (χ0n) is 11.4. The van der Waals surface area contributed by atoms with Gasteiger partial charge in [0, 0.05) is 5.75 Å². The van der Waals surface area contributed by atoms with Crippen LogP contribution in [0.15, 0.2) is 0 Å². The molecule has 108 valence electrons. The van der Waals surface area contributed by atoms with Crippen molar-refractivity contribution >= 4 is 35.4 Å². The average molecular weight is 303 g/mol. The molecule has 0 bridgehead atoms. The third-order valence-electron chi connectivity index (χ3n) is 3.82. The molecule has 0 aromatic heterocycles. The Morgan fingerprint density at radius 3 is 2.74 bits per heavy atom. The van der Waals surface area contributed by atoms with Crippen molar-refractivity contribution in [1.82, 2.24) is 4.90 Å². The van der Waals surface area contributed by atoms with E-state index in [9.17, 15) is 14.7 Å². The molecule has 2 aliphatic rings. The number of carbonyl (C=O) groups excluding carboxylic acids is 1. The number of amides is 1. The fourth-order valence-electron chi connectivity index (χ4n) is 2.72. The highest BCUT2D eigenvalue weighted by atomic mass is 32.2. The van der Waals surface area contributed by atoms with Crippen LogP contribution < -0.4 is 0 Å². The molecule has 1 amide bonds. The number of thioether (sulfide) groups is 2. The quantitative estimate of drug-likeness (QED) is 0.864. The molecule has 0 radical (unpaired) electrons. The fraction of sp³-hybridized carbons (Fsp3) is 0.846. The predicted octanol–water partition coefficient (Wildman–Crippen LogP) is 2.43. The first kappa shape index (κ1) is 15.0. The molecule has 2 fully saturated rings. The molecule has 0 aromatic carbocycles. The lowest BCUT2D eigenvalue weighted by Crippen LogP contribution is -2.52. The number of aliphatic carboxylic acids is 1. The Balaban J connectivity index is 2.20. The zero-order valence-corrected chi connectivity index (χ0v) is 13.1. The van der Waals surface area contributed by atoms with Gasteiger partial charge in [0.15, 0.2) is 0 Å². The number of carboxylic acid groups (broad SMARTS) is 1. The molecule has 19 heavy (non-hydrogen) atoms. The van der Waals surface area contributed by atoms with Gasteiger partial charge in [-0.05, 0) is 31.9 Å². The van der Waals surface area contributed by atoms with Gasteiger partial charge in [0.2, 0.25) is 5.91 Å². The van der Waals surface area contributed by atoms with Crippen molar-refractivity contribution in [1.29, 1.82) is 0 Å². The van der Waals surface area contributed by atoms with Gasteiger partial charge in [0.05, 0.1) is 10.1 Å². The first-order valence-electron chi connectivity index (χ1n) is 6.80. The minimum Gasteiger partial charge on any atom is -0.480 e. The highest BCUT2D eigenvalue weighted by Crippen LogP contribution is 2.43. The Morgan fingerprint density at radius 2 is 2.21 bits per heavy atom. The van der Waals surface area contributed by atoms with Crippen molar-refractivity contribution in [2.24, 2.45) is 0 Å². The molecular formula is C13H21NO3S2. The maximum absolute atomic E-state index is 12.8. The lowest BCUT2D eigenvalue weighted by atomic mass is 10.0. The lowest BCUT2D eigenvalue weighted by Gasteiger charge is -2.34. The molecule has 0 saturated carbocycles. The van der Waals surface area contributed by atoms with E-state index in [0.29, 0.717) is 5.75 Å². The maximum Gasteiger partial charge on any atom is 0.327 e. The molecule has 6 heteroatoms. The van der Waals surface area contributed by atoms with Crippen LogP contribution in [-0.4, -0.2) is 49.6 Å². The van der Waals surface area contributed by atoms with Crippen LogP contribution in [0, 0.1) is 0 Å². The van der Waals surface area contributed by atoms with Gasteiger partial charge in [-0.1, -0.05) is 13.3 Å². The van der Waals surface area contributed by atoms with Crippen molar-refractivity contribution in [3.63, 3.8) is 0 Å². The van der Waals surface area contributed by atoms with Gasteiger partial charge < -0.3 is 10.0 Å². The van der Waals surface area contributed by atoms with Crippen molar-refractivity contribution in [3.05, 3.63) is 0 Å². The fourth-order valence-corrected chi connectivity index (χ4v) is 5.49. The van der Waals surface area contributed by atoms with Crippen LogP contribution in [0.4, 0.5) is 0 Å². The Hall–Kier alpha value is -0.360. The molecule has 3 unspecified atom stereocenters. The summed E-state index contributed by atoms with van der Waals surface area (Å²) in [6.07, 6.45) is 3.76. The summed E-state index contributed by atoms with van der Waals surface area (Å²) < 4.78 is -0.412. The van der Waals surface area contributed by atoms with Gasteiger partial charge in [-0.25, -0.2) is 4.79 Å². The van der Waals surface area contributed by atoms with Crippen LogP contribution in [-0.2, 0) is 9.59 Å². The van der Waals surface area contributed by atoms with E-state index in [0.717, 1.165) is 31.4 Å². The van der Waals surface area contributed by atoms with Gasteiger partial charge in [-0.15, -0.1) is 23.5 Å². The number of carbonyl (C=O) groups is 2. The van der Waals surface area contributed by atoms with Crippen molar-refractivity contribution in [2.45, 2.75) is 55.7 Å². The minimum absolute atomic E-state index is 0.0332. The summed E-state index contributed by atoms with van der Waals surface area (Å²) in [5.41, 5.74) is 0. The van der Waals surface area contributed by atoms with E-state index in [2.05, 4.69) is 6.92 Å². The minimum atomic E-state index is -0.869. The summed E-state index contributed by atoms with van der Waals surface area (Å²) >= 11 is 3.29. The summed E-state index contributed by atoms with van der Waals surface area (Å²) in [6, 6.07) is -0.646. The summed E-state index contributed by atoms with van der Waals surface area (Å²) in [4.78, 5) is 25.8. The third-order valence-corrected chi connectivity index (χ3v) is 6.68. The summed E-state index contributed by atoms with van der Waals surface area (Å²) in [6.45, 7) is 4.04. The number of nitrogens with zero attached hydrogens (tertiary/aromatic N) is 1. The summed E-state index contributed by atoms with van der Waals surface area (Å²) in [5, 5.41) is 9.37. The highest BCUT2D eigenvalue weighted by molar-refractivity contribution is 8.01. The van der Waals surface area contributed by atoms with Crippen molar-refractivity contribution in [3.8, 4) is 0 Å². The SMILES string of the molecule is CCCC1SCC(C(=O)O)N1C(=O)C1(C)CCCS1. The molecule has 2 saturated heterocycles. The summed E-state index contributed by atoms with van der Waals surface area (Å²) in [7, 11) is 0. The normalized spacial score (nSPS) is 34.7. The lowest BCUT2D eigenvalue weighted by molar-refractivity contribution is -0.150. The Bertz CT molecular complexity index is 369. The van der Waals surface area contributed by atoms with Gasteiger partial charge in [0.25, 0.3) is 0 Å². The molecule has 0 aromatic rings. The predicted molar refractivity (Wildman–Crippen MR) is 79.5 cm³/mol. The maximum atomic E-state index is 12.8. The van der Waals surface area contributed by atoms with E-state index >= 15 is 0 Å². The Morgan fingerprint density at radius 1 is 1.47 bits per heavy atom. The van der Waals surface area contributed by atoms with Crippen LogP contribution in [0.3, 0.4) is 0 Å². The molecule has 1 N–H and O–H groups in total. The standard InChI is InChI=1S/C13H21NO3S2/c1-3-5-10-14(9(8-18-10)11(15)16)12(17)13(2)6-4-7-19-13/h9-10H,3-8H2,1-2H3,(H,15,16). The summed E-state index contributed by atoms with van der Waals surface area (Å²) in [5.74, 6) is 0.684. The van der Waals surface area contributed by atoms with Gasteiger partial charge in [-0.2, -0.15) is 0 Å². The van der Waals surface area contributed by atoms with Crippen LogP contribution in [0.1, 0.15) is 39.5 Å². The largest absolute Gasteiger partial charge is 0.480 e. The van der Waals surface area contributed by atoms with Gasteiger partial charge >= 0.3 is 5.97 Å². The molecule has 2 heterocycles. The van der Waals surface area contributed by atoms with Gasteiger partial charge in [0.1, 0.15) is 6.04 Å². The monoisotopic (exact) mass is 303 g/mol. The topological polar surface area (TPSA) is 57.6 Å². The second-order valence-electron chi connectivity index (χ2n) is 5.33. The molecule has 0 aliphatic carbocycles. The molecule has 2 rings (SSSR count). The Labute approximate surface area is 122 Å². The van der Waals surface area contributed by atoms with E-state index < -0.39 is 16.8 Å². The first-order chi connectivity index (χ1) is 8.99. The molecule has 3 atom stereocenters. The number of carboxylic acids is 1. The van der Waals surface area contributed by atoms with Crippen LogP contribution in [0.25, 0.3) is 0 Å². The highest BCUT2D eigenvalue weighted by Gasteiger charge is 2.48. The number of hydrogen-bond acceptors (Lipinski definition) is 4. The Kier molecular flexibility index (Phi) is 4.71. The third kappa shape index (κ3) is 2.89. The van der Waals surface area contributed by atoms with E-state index in [1.54, 1.807) is 28.4 Å². The van der Waals surface area contributed by atoms with E-state index in [1.807, 2.05) is 6.92 Å². The van der Waals surface area contributed by atoms with Crippen molar-refractivity contribution in [2.75, 3.05) is 11.5 Å². The first-order valence-corrected chi connectivity index (χ1v) is 8.84. The van der Waals surface area contributed by atoms with Crippen molar-refractivity contribution < 1.29 is 14.7 Å². The second-order valence-corrected chi connectivity index (χ2v) is 8.13. The molecule has 4 nitrogen and oxygen atoms in total. The smallest absolute Gasteiger partial charge is 0.327 e. The molecule has 2 aliphatic heterocycles. The number of rotatable bonds is 4. The average Bonchev–Trinajstić information content (AvgIpc) is 2.96. The van der Waals surface area contributed by atoms with Crippen LogP contribution >= 0.6 is 23.5 Å². The van der Waals surface area contributed by atoms with E-state index in [4.69, 9.17) is 0 Å². The second kappa shape index (κ2) is 5.95. The van der Waals surface area contributed by atoms with Crippen LogP contribution in [0.2, 0.25) is 0 Å². The van der Waals surface area contributed by atoms with Crippen LogP contribution in [0.5, 0.6) is 0 Å². The van der Waals surface area contributed by atoms with E-state index in [1.165, 1.54) is 0 Å². The molecular weight excluding hydrogens is 282 g/mol. The van der Waals surface area contributed by atoms with Gasteiger partial charge in [-0.3, -0.25) is 4.79 Å². The van der Waals surface area contributed by atoms with E-state index in [-0.39, 0.29) is 11.3 Å².